The predicted octanol–water partition coefficient (Wildman–Crippen LogP) is 1.69. The number of benzene rings is 2. The van der Waals surface area contributed by atoms with E-state index in [1.807, 2.05) is 42.5 Å². The van der Waals surface area contributed by atoms with Gasteiger partial charge in [-0.1, -0.05) is 36.4 Å². The Morgan fingerprint density at radius 3 is 2.19 bits per heavy atom. The number of hydrogen-bond acceptors (Lipinski definition) is 5. The second-order valence-electron chi connectivity index (χ2n) is 5.90. The summed E-state index contributed by atoms with van der Waals surface area (Å²) in [7, 11) is -0.668. The second-order valence-corrected chi connectivity index (χ2v) is 7.60. The van der Waals surface area contributed by atoms with Crippen molar-refractivity contribution in [3.05, 3.63) is 48.0 Å². The molecule has 0 saturated carbocycles. The van der Waals surface area contributed by atoms with E-state index in [9.17, 15) is 8.42 Å². The molecule has 2 rings (SSSR count). The Hall–Kier alpha value is -1.26. The summed E-state index contributed by atoms with van der Waals surface area (Å²) in [6, 6.07) is 13.2. The number of fused-ring (bicyclic) bond motifs is 1. The summed E-state index contributed by atoms with van der Waals surface area (Å²) in [4.78, 5) is 0. The Balaban J connectivity index is 0.00000364. The molecule has 0 heterocycles. The van der Waals surface area contributed by atoms with E-state index in [4.69, 9.17) is 15.2 Å². The van der Waals surface area contributed by atoms with Crippen molar-refractivity contribution in [2.45, 2.75) is 6.04 Å². The van der Waals surface area contributed by atoms with Crippen LogP contribution >= 0.6 is 12.4 Å². The molecule has 1 atom stereocenters. The molecule has 0 saturated heterocycles. The molecule has 3 N–H and O–H groups in total. The molecule has 27 heavy (non-hydrogen) atoms. The van der Waals surface area contributed by atoms with Crippen molar-refractivity contribution >= 4 is 33.4 Å². The van der Waals surface area contributed by atoms with Gasteiger partial charge in [0, 0.05) is 33.9 Å². The number of methoxy groups -OCH3 is 2. The van der Waals surface area contributed by atoms with E-state index >= 15 is 0 Å². The van der Waals surface area contributed by atoms with Crippen LogP contribution in [0.1, 0.15) is 11.6 Å². The van der Waals surface area contributed by atoms with Gasteiger partial charge in [-0.15, -0.1) is 12.4 Å². The molecular weight excluding hydrogens is 390 g/mol. The van der Waals surface area contributed by atoms with Crippen LogP contribution in [-0.2, 0) is 19.7 Å². The predicted molar refractivity (Wildman–Crippen MR) is 110 cm³/mol. The van der Waals surface area contributed by atoms with Crippen LogP contribution in [0.15, 0.2) is 42.5 Å². The van der Waals surface area contributed by atoms with Crippen molar-refractivity contribution in [3.63, 3.8) is 0 Å². The largest absolute Gasteiger partial charge is 0.383 e. The lowest BCUT2D eigenvalue weighted by Crippen LogP contribution is -2.46. The van der Waals surface area contributed by atoms with Gasteiger partial charge in [-0.25, -0.2) is 0 Å². The summed E-state index contributed by atoms with van der Waals surface area (Å²) in [5.74, 6) is 0. The first-order chi connectivity index (χ1) is 12.5. The zero-order chi connectivity index (χ0) is 19.0. The maximum absolute atomic E-state index is 12.8. The highest BCUT2D eigenvalue weighted by atomic mass is 35.5. The third-order valence-corrected chi connectivity index (χ3v) is 5.76. The second kappa shape index (κ2) is 11.6. The lowest BCUT2D eigenvalue weighted by atomic mass is 10.0. The highest BCUT2D eigenvalue weighted by Crippen LogP contribution is 2.21. The number of nitrogens with zero attached hydrogens (tertiary/aromatic N) is 1. The summed E-state index contributed by atoms with van der Waals surface area (Å²) in [6.45, 7) is 1.23. The van der Waals surface area contributed by atoms with Crippen molar-refractivity contribution in [1.82, 2.24) is 9.03 Å². The van der Waals surface area contributed by atoms with Crippen molar-refractivity contribution in [1.29, 1.82) is 0 Å². The number of halogens is 1. The Morgan fingerprint density at radius 2 is 1.63 bits per heavy atom. The molecule has 0 aromatic heterocycles. The molecule has 0 amide bonds. The smallest absolute Gasteiger partial charge is 0.280 e. The average Bonchev–Trinajstić information content (AvgIpc) is 2.65. The van der Waals surface area contributed by atoms with Gasteiger partial charge in [-0.05, 0) is 22.4 Å². The fraction of sp³-hybridized carbons (Fsp3) is 0.444. The highest BCUT2D eigenvalue weighted by molar-refractivity contribution is 7.87. The molecule has 0 aliphatic rings. The Labute approximate surface area is 167 Å². The molecule has 0 spiro atoms. The fourth-order valence-corrected chi connectivity index (χ4v) is 4.04. The van der Waals surface area contributed by atoms with Crippen molar-refractivity contribution < 1.29 is 17.9 Å². The Kier molecular flexibility index (Phi) is 10.2. The molecule has 1 unspecified atom stereocenters. The molecule has 7 nitrogen and oxygen atoms in total. The lowest BCUT2D eigenvalue weighted by Gasteiger charge is -2.25. The SMILES string of the molecule is COCCN(CCOC)S(=O)(=O)NC(CN)c1ccc2ccccc2c1.Cl. The molecule has 0 aliphatic carbocycles. The quantitative estimate of drug-likeness (QED) is 0.580. The fourth-order valence-electron chi connectivity index (χ4n) is 2.67. The van der Waals surface area contributed by atoms with Gasteiger partial charge in [0.15, 0.2) is 0 Å². The Morgan fingerprint density at radius 1 is 1.04 bits per heavy atom. The third-order valence-electron chi connectivity index (χ3n) is 4.13. The number of hydrogen-bond donors (Lipinski definition) is 2. The number of nitrogens with two attached hydrogens (primary N) is 1. The van der Waals surface area contributed by atoms with Gasteiger partial charge in [0.05, 0.1) is 19.3 Å². The molecule has 0 bridgehead atoms. The summed E-state index contributed by atoms with van der Waals surface area (Å²) in [5.41, 5.74) is 6.69. The van der Waals surface area contributed by atoms with Gasteiger partial charge in [0.25, 0.3) is 10.2 Å². The van der Waals surface area contributed by atoms with Crippen molar-refractivity contribution in [2.24, 2.45) is 5.73 Å². The molecule has 2 aromatic rings. The number of rotatable bonds is 11. The molecular formula is C18H28ClN3O4S. The van der Waals surface area contributed by atoms with Crippen LogP contribution in [0.3, 0.4) is 0 Å². The third kappa shape index (κ3) is 6.69. The normalized spacial score (nSPS) is 12.9. The lowest BCUT2D eigenvalue weighted by molar-refractivity contribution is 0.149. The minimum atomic E-state index is -3.74. The molecule has 2 aromatic carbocycles. The summed E-state index contributed by atoms with van der Waals surface area (Å²) in [6.07, 6.45) is 0. The minimum absolute atomic E-state index is 0. The van der Waals surface area contributed by atoms with Gasteiger partial charge in [-0.3, -0.25) is 0 Å². The van der Waals surface area contributed by atoms with Gasteiger partial charge < -0.3 is 15.2 Å². The molecule has 0 aliphatic heterocycles. The van der Waals surface area contributed by atoms with Crippen LogP contribution in [-0.4, -0.2) is 59.8 Å². The monoisotopic (exact) mass is 417 g/mol. The van der Waals surface area contributed by atoms with E-state index in [2.05, 4.69) is 4.72 Å². The standard InChI is InChI=1S/C18H27N3O4S.ClH/c1-24-11-9-21(10-12-25-2)26(22,23)20-18(14-19)17-8-7-15-5-3-4-6-16(15)13-17;/h3-8,13,18,20H,9-12,14,19H2,1-2H3;1H. The van der Waals surface area contributed by atoms with Crippen LogP contribution in [0.5, 0.6) is 0 Å². The van der Waals surface area contributed by atoms with Crippen LogP contribution in [0.4, 0.5) is 0 Å². The summed E-state index contributed by atoms with van der Waals surface area (Å²) >= 11 is 0. The van der Waals surface area contributed by atoms with E-state index in [1.165, 1.54) is 18.5 Å². The first-order valence-electron chi connectivity index (χ1n) is 8.46. The van der Waals surface area contributed by atoms with E-state index in [0.29, 0.717) is 13.2 Å². The van der Waals surface area contributed by atoms with E-state index in [0.717, 1.165) is 16.3 Å². The van der Waals surface area contributed by atoms with Crippen LogP contribution in [0.2, 0.25) is 0 Å². The van der Waals surface area contributed by atoms with Crippen LogP contribution < -0.4 is 10.5 Å². The van der Waals surface area contributed by atoms with Gasteiger partial charge in [-0.2, -0.15) is 17.4 Å². The maximum atomic E-state index is 12.8. The molecule has 9 heteroatoms. The van der Waals surface area contributed by atoms with Gasteiger partial charge >= 0.3 is 0 Å². The zero-order valence-corrected chi connectivity index (χ0v) is 17.3. The van der Waals surface area contributed by atoms with E-state index in [-0.39, 0.29) is 32.0 Å². The molecule has 0 fully saturated rings. The Bertz CT molecular complexity index is 796. The molecule has 0 radical (unpaired) electrons. The van der Waals surface area contributed by atoms with Crippen LogP contribution in [0, 0.1) is 0 Å². The number of ether oxygens (including phenoxy) is 2. The average molecular weight is 418 g/mol. The van der Waals surface area contributed by atoms with Gasteiger partial charge in [0.2, 0.25) is 0 Å². The summed E-state index contributed by atoms with van der Waals surface area (Å²) in [5, 5.41) is 2.13. The van der Waals surface area contributed by atoms with Crippen molar-refractivity contribution in [3.8, 4) is 0 Å². The first-order valence-corrected chi connectivity index (χ1v) is 9.90. The van der Waals surface area contributed by atoms with E-state index in [1.54, 1.807) is 0 Å². The molecule has 152 valence electrons. The van der Waals surface area contributed by atoms with Crippen LogP contribution in [0.25, 0.3) is 10.8 Å². The zero-order valence-electron chi connectivity index (χ0n) is 15.6. The van der Waals surface area contributed by atoms with E-state index < -0.39 is 16.3 Å². The maximum Gasteiger partial charge on any atom is 0.280 e. The van der Waals surface area contributed by atoms with Gasteiger partial charge in [0.1, 0.15) is 0 Å². The first kappa shape index (κ1) is 23.8. The topological polar surface area (TPSA) is 93.9 Å². The van der Waals surface area contributed by atoms with Crippen molar-refractivity contribution in [2.75, 3.05) is 47.1 Å². The number of nitrogens with one attached hydrogen (secondary N) is 1. The minimum Gasteiger partial charge on any atom is -0.383 e. The highest BCUT2D eigenvalue weighted by Gasteiger charge is 2.25. The summed E-state index contributed by atoms with van der Waals surface area (Å²) < 4.78 is 39.6.